The molecule has 3 rings (SSSR count). The molecule has 162 valence electrons. The standard InChI is InChI=1S/C20H13ClF4N2O3S/c21-12-5-7-14(20(28)26-10-11-4-6-13(22)9-17(11)25)18(8-12)27-31(29,30)19-15(23)2-1-3-16(19)24/h1-9,27H,10H2,(H,26,28). The summed E-state index contributed by atoms with van der Waals surface area (Å²) in [6.07, 6.45) is 0. The summed E-state index contributed by atoms with van der Waals surface area (Å²) in [5.74, 6) is -5.17. The van der Waals surface area contributed by atoms with E-state index in [1.54, 1.807) is 0 Å². The molecule has 5 nitrogen and oxygen atoms in total. The lowest BCUT2D eigenvalue weighted by molar-refractivity contribution is 0.0951. The number of benzene rings is 3. The van der Waals surface area contributed by atoms with Crippen LogP contribution in [0.1, 0.15) is 15.9 Å². The third-order valence-corrected chi connectivity index (χ3v) is 5.76. The Morgan fingerprint density at radius 2 is 1.58 bits per heavy atom. The second-order valence-corrected chi connectivity index (χ2v) is 8.32. The molecule has 0 atom stereocenters. The number of hydrogen-bond donors (Lipinski definition) is 2. The second kappa shape index (κ2) is 8.94. The Labute approximate surface area is 179 Å². The fraction of sp³-hybridized carbons (Fsp3) is 0.0500. The van der Waals surface area contributed by atoms with Gasteiger partial charge >= 0.3 is 0 Å². The first-order valence-corrected chi connectivity index (χ1v) is 10.4. The lowest BCUT2D eigenvalue weighted by atomic mass is 10.1. The van der Waals surface area contributed by atoms with E-state index in [2.05, 4.69) is 5.32 Å². The molecule has 3 aromatic rings. The molecule has 0 saturated heterocycles. The molecule has 31 heavy (non-hydrogen) atoms. The zero-order valence-electron chi connectivity index (χ0n) is 15.4. The lowest BCUT2D eigenvalue weighted by Gasteiger charge is -2.14. The van der Waals surface area contributed by atoms with Gasteiger partial charge in [0.2, 0.25) is 0 Å². The van der Waals surface area contributed by atoms with E-state index in [0.717, 1.165) is 36.4 Å². The SMILES string of the molecule is O=C(NCc1ccc(F)cc1F)c1ccc(Cl)cc1NS(=O)(=O)c1c(F)cccc1F. The van der Waals surface area contributed by atoms with Crippen LogP contribution in [-0.2, 0) is 16.6 Å². The van der Waals surface area contributed by atoms with Gasteiger partial charge in [0, 0.05) is 23.2 Å². The van der Waals surface area contributed by atoms with Gasteiger partial charge in [-0.1, -0.05) is 23.7 Å². The van der Waals surface area contributed by atoms with Gasteiger partial charge in [0.05, 0.1) is 11.3 Å². The number of sulfonamides is 1. The number of carbonyl (C=O) groups is 1. The molecule has 3 aromatic carbocycles. The van der Waals surface area contributed by atoms with Gasteiger partial charge in [-0.25, -0.2) is 26.0 Å². The van der Waals surface area contributed by atoms with Gasteiger partial charge in [-0.15, -0.1) is 0 Å². The molecule has 0 fully saturated rings. The Morgan fingerprint density at radius 1 is 0.903 bits per heavy atom. The highest BCUT2D eigenvalue weighted by atomic mass is 35.5. The summed E-state index contributed by atoms with van der Waals surface area (Å²) in [7, 11) is -4.77. The summed E-state index contributed by atoms with van der Waals surface area (Å²) in [4.78, 5) is 11.3. The first kappa shape index (κ1) is 22.6. The second-order valence-electron chi connectivity index (χ2n) is 6.26. The molecule has 0 saturated carbocycles. The van der Waals surface area contributed by atoms with E-state index < -0.39 is 44.1 Å². The minimum absolute atomic E-state index is 0.0146. The minimum Gasteiger partial charge on any atom is -0.348 e. The summed E-state index contributed by atoms with van der Waals surface area (Å²) >= 11 is 5.87. The van der Waals surface area contributed by atoms with Crippen LogP contribution in [0, 0.1) is 23.3 Å². The molecule has 0 aliphatic carbocycles. The highest BCUT2D eigenvalue weighted by Crippen LogP contribution is 2.26. The van der Waals surface area contributed by atoms with Crippen molar-refractivity contribution < 1.29 is 30.8 Å². The molecule has 0 aliphatic heterocycles. The van der Waals surface area contributed by atoms with Crippen molar-refractivity contribution in [2.75, 3.05) is 4.72 Å². The topological polar surface area (TPSA) is 75.3 Å². The molecule has 0 heterocycles. The zero-order chi connectivity index (χ0) is 22.8. The van der Waals surface area contributed by atoms with E-state index in [0.29, 0.717) is 6.07 Å². The molecular formula is C20H13ClF4N2O3S. The van der Waals surface area contributed by atoms with Crippen LogP contribution in [0.3, 0.4) is 0 Å². The minimum atomic E-state index is -4.77. The van der Waals surface area contributed by atoms with Crippen LogP contribution in [0.25, 0.3) is 0 Å². The van der Waals surface area contributed by atoms with Crippen LogP contribution < -0.4 is 10.0 Å². The molecule has 0 radical (unpaired) electrons. The molecule has 2 N–H and O–H groups in total. The van der Waals surface area contributed by atoms with Crippen LogP contribution >= 0.6 is 11.6 Å². The highest BCUT2D eigenvalue weighted by Gasteiger charge is 2.26. The van der Waals surface area contributed by atoms with E-state index in [1.165, 1.54) is 12.1 Å². The van der Waals surface area contributed by atoms with Crippen molar-refractivity contribution in [3.8, 4) is 0 Å². The first-order chi connectivity index (χ1) is 14.6. The van der Waals surface area contributed by atoms with Crippen molar-refractivity contribution in [1.82, 2.24) is 5.32 Å². The Hall–Kier alpha value is -3.11. The number of amides is 1. The quantitative estimate of drug-likeness (QED) is 0.514. The smallest absolute Gasteiger partial charge is 0.267 e. The van der Waals surface area contributed by atoms with Crippen molar-refractivity contribution in [2.24, 2.45) is 0 Å². The summed E-state index contributed by atoms with van der Waals surface area (Å²) in [5.41, 5.74) is -0.612. The normalized spacial score (nSPS) is 11.3. The maximum Gasteiger partial charge on any atom is 0.267 e. The van der Waals surface area contributed by atoms with E-state index >= 15 is 0 Å². The number of carbonyl (C=O) groups excluding carboxylic acids is 1. The van der Waals surface area contributed by atoms with Crippen LogP contribution in [0.15, 0.2) is 59.5 Å². The average Bonchev–Trinajstić information content (AvgIpc) is 2.66. The summed E-state index contributed by atoms with van der Waals surface area (Å²) in [5, 5.41) is 2.39. The van der Waals surface area contributed by atoms with Gasteiger partial charge in [-0.2, -0.15) is 0 Å². The lowest BCUT2D eigenvalue weighted by Crippen LogP contribution is -2.25. The molecular weight excluding hydrogens is 460 g/mol. The third-order valence-electron chi connectivity index (χ3n) is 4.11. The molecule has 0 bridgehead atoms. The van der Waals surface area contributed by atoms with Crippen LogP contribution in [-0.4, -0.2) is 14.3 Å². The van der Waals surface area contributed by atoms with E-state index in [9.17, 15) is 30.8 Å². The van der Waals surface area contributed by atoms with Crippen LogP contribution in [0.5, 0.6) is 0 Å². The van der Waals surface area contributed by atoms with Gasteiger partial charge in [0.25, 0.3) is 15.9 Å². The molecule has 0 unspecified atom stereocenters. The fourth-order valence-corrected chi connectivity index (χ4v) is 4.05. The number of anilines is 1. The van der Waals surface area contributed by atoms with Crippen molar-refractivity contribution >= 4 is 33.2 Å². The first-order valence-electron chi connectivity index (χ1n) is 8.57. The Kier molecular flexibility index (Phi) is 6.51. The number of hydrogen-bond acceptors (Lipinski definition) is 3. The third kappa shape index (κ3) is 5.15. The van der Waals surface area contributed by atoms with Crippen molar-refractivity contribution in [1.29, 1.82) is 0 Å². The summed E-state index contributed by atoms with van der Waals surface area (Å²) in [6.45, 7) is -0.332. The Bertz CT molecular complexity index is 1250. The van der Waals surface area contributed by atoms with E-state index in [1.807, 2.05) is 4.72 Å². The van der Waals surface area contributed by atoms with Gasteiger partial charge in [0.15, 0.2) is 4.90 Å². The van der Waals surface area contributed by atoms with E-state index in [-0.39, 0.29) is 28.4 Å². The molecule has 11 heteroatoms. The number of halogens is 5. The molecule has 0 spiro atoms. The number of nitrogens with one attached hydrogen (secondary N) is 2. The summed E-state index contributed by atoms with van der Waals surface area (Å²) < 4.78 is 81.6. The van der Waals surface area contributed by atoms with Crippen molar-refractivity contribution in [3.05, 3.63) is 94.0 Å². The highest BCUT2D eigenvalue weighted by molar-refractivity contribution is 7.92. The van der Waals surface area contributed by atoms with Gasteiger partial charge in [0.1, 0.15) is 23.3 Å². The van der Waals surface area contributed by atoms with Crippen molar-refractivity contribution in [3.63, 3.8) is 0 Å². The predicted octanol–water partition coefficient (Wildman–Crippen LogP) is 4.63. The van der Waals surface area contributed by atoms with Crippen molar-refractivity contribution in [2.45, 2.75) is 11.4 Å². The predicted molar refractivity (Wildman–Crippen MR) is 106 cm³/mol. The maximum atomic E-state index is 13.9. The zero-order valence-corrected chi connectivity index (χ0v) is 17.0. The molecule has 0 aromatic heterocycles. The monoisotopic (exact) mass is 472 g/mol. The summed E-state index contributed by atoms with van der Waals surface area (Å²) in [6, 6.07) is 8.85. The Balaban J connectivity index is 1.89. The van der Waals surface area contributed by atoms with Gasteiger partial charge in [-0.05, 0) is 36.4 Å². The van der Waals surface area contributed by atoms with Crippen LogP contribution in [0.4, 0.5) is 23.2 Å². The largest absolute Gasteiger partial charge is 0.348 e. The average molecular weight is 473 g/mol. The fourth-order valence-electron chi connectivity index (χ4n) is 2.67. The van der Waals surface area contributed by atoms with E-state index in [4.69, 9.17) is 11.6 Å². The Morgan fingerprint density at radius 3 is 2.23 bits per heavy atom. The van der Waals surface area contributed by atoms with Gasteiger partial charge in [-0.3, -0.25) is 9.52 Å². The molecule has 1 amide bonds. The maximum absolute atomic E-state index is 13.9. The van der Waals surface area contributed by atoms with Gasteiger partial charge < -0.3 is 5.32 Å². The molecule has 0 aliphatic rings. The number of rotatable bonds is 6. The van der Waals surface area contributed by atoms with Crippen LogP contribution in [0.2, 0.25) is 5.02 Å².